The van der Waals surface area contributed by atoms with Crippen LogP contribution in [0.15, 0.2) is 36.5 Å². The van der Waals surface area contributed by atoms with Gasteiger partial charge in [0, 0.05) is 30.6 Å². The van der Waals surface area contributed by atoms with E-state index in [4.69, 9.17) is 4.74 Å². The molecule has 0 N–H and O–H groups in total. The van der Waals surface area contributed by atoms with Gasteiger partial charge in [-0.05, 0) is 32.9 Å². The molecule has 0 bridgehead atoms. The molecule has 6 nitrogen and oxygen atoms in total. The maximum Gasteiger partial charge on any atom is 0.341 e. The Bertz CT molecular complexity index is 767. The lowest BCUT2D eigenvalue weighted by Gasteiger charge is -2.16. The van der Waals surface area contributed by atoms with Crippen LogP contribution in [0.5, 0.6) is 0 Å². The predicted molar refractivity (Wildman–Crippen MR) is 94.5 cm³/mol. The van der Waals surface area contributed by atoms with Gasteiger partial charge in [0.05, 0.1) is 18.5 Å². The first-order chi connectivity index (χ1) is 12.0. The number of amides is 1. The van der Waals surface area contributed by atoms with Crippen LogP contribution >= 0.6 is 0 Å². The standard InChI is InChI=1S/C19H23N3O3/c1-13(2)22-14(3)17(10-20-22)19(24)25-12-15-9-18(23)21(11-15)16-7-5-4-6-8-16/h4-8,10,13,15H,9,11-12H2,1-3H3/t15-/m1/s1. The molecule has 0 unspecified atom stereocenters. The number of aromatic nitrogens is 2. The number of ether oxygens (including phenoxy) is 1. The molecule has 0 saturated carbocycles. The zero-order valence-electron chi connectivity index (χ0n) is 14.8. The minimum atomic E-state index is -0.380. The van der Waals surface area contributed by atoms with Crippen molar-refractivity contribution in [2.24, 2.45) is 5.92 Å². The lowest BCUT2D eigenvalue weighted by atomic mass is 10.1. The lowest BCUT2D eigenvalue weighted by Crippen LogP contribution is -2.25. The fourth-order valence-electron chi connectivity index (χ4n) is 3.17. The molecule has 1 aliphatic heterocycles. The number of carbonyl (C=O) groups excluding carboxylic acids is 2. The third-order valence-corrected chi connectivity index (χ3v) is 4.48. The molecule has 1 aromatic carbocycles. The van der Waals surface area contributed by atoms with E-state index in [-0.39, 0.29) is 30.4 Å². The van der Waals surface area contributed by atoms with E-state index in [1.54, 1.807) is 15.8 Å². The highest BCUT2D eigenvalue weighted by Gasteiger charge is 2.31. The number of para-hydroxylation sites is 1. The Morgan fingerprint density at radius 3 is 2.68 bits per heavy atom. The van der Waals surface area contributed by atoms with Gasteiger partial charge in [-0.2, -0.15) is 5.10 Å². The third-order valence-electron chi connectivity index (χ3n) is 4.48. The van der Waals surface area contributed by atoms with Crippen LogP contribution in [0.3, 0.4) is 0 Å². The first-order valence-corrected chi connectivity index (χ1v) is 8.54. The van der Waals surface area contributed by atoms with Gasteiger partial charge in [0.2, 0.25) is 5.91 Å². The molecule has 1 amide bonds. The molecule has 1 aliphatic rings. The number of carbonyl (C=O) groups is 2. The lowest BCUT2D eigenvalue weighted by molar-refractivity contribution is -0.117. The van der Waals surface area contributed by atoms with Gasteiger partial charge >= 0.3 is 5.97 Å². The summed E-state index contributed by atoms with van der Waals surface area (Å²) in [5, 5.41) is 4.23. The van der Waals surface area contributed by atoms with E-state index < -0.39 is 0 Å². The number of hydrogen-bond acceptors (Lipinski definition) is 4. The van der Waals surface area contributed by atoms with Gasteiger partial charge in [-0.3, -0.25) is 9.48 Å². The molecule has 132 valence electrons. The maximum atomic E-state index is 12.3. The Balaban J connectivity index is 1.59. The average molecular weight is 341 g/mol. The highest BCUT2D eigenvalue weighted by atomic mass is 16.5. The summed E-state index contributed by atoms with van der Waals surface area (Å²) in [5.74, 6) is -0.303. The van der Waals surface area contributed by atoms with Crippen molar-refractivity contribution in [1.29, 1.82) is 0 Å². The topological polar surface area (TPSA) is 64.4 Å². The van der Waals surface area contributed by atoms with Gasteiger partial charge in [0.1, 0.15) is 5.56 Å². The monoisotopic (exact) mass is 341 g/mol. The first kappa shape index (κ1) is 17.2. The molecule has 1 aromatic heterocycles. The van der Waals surface area contributed by atoms with Crippen molar-refractivity contribution in [3.05, 3.63) is 47.8 Å². The summed E-state index contributed by atoms with van der Waals surface area (Å²) in [6.07, 6.45) is 1.94. The number of rotatable bonds is 5. The fraction of sp³-hybridized carbons (Fsp3) is 0.421. The largest absolute Gasteiger partial charge is 0.462 e. The number of esters is 1. The van der Waals surface area contributed by atoms with E-state index in [2.05, 4.69) is 5.10 Å². The van der Waals surface area contributed by atoms with Crippen molar-refractivity contribution >= 4 is 17.6 Å². The Morgan fingerprint density at radius 1 is 1.32 bits per heavy atom. The van der Waals surface area contributed by atoms with Crippen LogP contribution in [0, 0.1) is 12.8 Å². The van der Waals surface area contributed by atoms with Crippen LogP contribution < -0.4 is 4.90 Å². The summed E-state index contributed by atoms with van der Waals surface area (Å²) in [7, 11) is 0. The van der Waals surface area contributed by atoms with Crippen molar-refractivity contribution in [2.45, 2.75) is 33.2 Å². The fourth-order valence-corrected chi connectivity index (χ4v) is 3.17. The van der Waals surface area contributed by atoms with Crippen molar-refractivity contribution < 1.29 is 14.3 Å². The van der Waals surface area contributed by atoms with Crippen molar-refractivity contribution in [3.8, 4) is 0 Å². The normalized spacial score (nSPS) is 17.4. The first-order valence-electron chi connectivity index (χ1n) is 8.54. The number of hydrogen-bond donors (Lipinski definition) is 0. The van der Waals surface area contributed by atoms with Gasteiger partial charge in [-0.25, -0.2) is 4.79 Å². The quantitative estimate of drug-likeness (QED) is 0.784. The minimum Gasteiger partial charge on any atom is -0.462 e. The molecule has 6 heteroatoms. The molecule has 1 atom stereocenters. The third kappa shape index (κ3) is 3.57. The van der Waals surface area contributed by atoms with Crippen LogP contribution in [-0.4, -0.2) is 34.8 Å². The Morgan fingerprint density at radius 2 is 2.04 bits per heavy atom. The van der Waals surface area contributed by atoms with E-state index in [0.29, 0.717) is 18.5 Å². The predicted octanol–water partition coefficient (Wildman–Crippen LogP) is 2.98. The average Bonchev–Trinajstić information content (AvgIpc) is 3.16. The Hall–Kier alpha value is -2.63. The number of benzene rings is 1. The van der Waals surface area contributed by atoms with Crippen LogP contribution in [0.25, 0.3) is 0 Å². The summed E-state index contributed by atoms with van der Waals surface area (Å²) in [6, 6.07) is 9.75. The minimum absolute atomic E-state index is 0.0112. The van der Waals surface area contributed by atoms with Crippen LogP contribution in [-0.2, 0) is 9.53 Å². The highest BCUT2D eigenvalue weighted by molar-refractivity contribution is 5.95. The molecule has 0 radical (unpaired) electrons. The van der Waals surface area contributed by atoms with Gasteiger partial charge < -0.3 is 9.64 Å². The van der Waals surface area contributed by atoms with E-state index in [1.807, 2.05) is 51.1 Å². The van der Waals surface area contributed by atoms with Crippen molar-refractivity contribution in [2.75, 3.05) is 18.1 Å². The van der Waals surface area contributed by atoms with Gasteiger partial charge in [0.15, 0.2) is 0 Å². The molecule has 25 heavy (non-hydrogen) atoms. The van der Waals surface area contributed by atoms with Gasteiger partial charge in [-0.1, -0.05) is 18.2 Å². The van der Waals surface area contributed by atoms with Crippen LogP contribution in [0.4, 0.5) is 5.69 Å². The smallest absolute Gasteiger partial charge is 0.341 e. The Labute approximate surface area is 147 Å². The van der Waals surface area contributed by atoms with Crippen LogP contribution in [0.1, 0.15) is 42.4 Å². The van der Waals surface area contributed by atoms with E-state index >= 15 is 0 Å². The summed E-state index contributed by atoms with van der Waals surface area (Å²) in [5.41, 5.74) is 2.17. The molecule has 0 aliphatic carbocycles. The van der Waals surface area contributed by atoms with Gasteiger partial charge in [-0.15, -0.1) is 0 Å². The molecular weight excluding hydrogens is 318 g/mol. The van der Waals surface area contributed by atoms with Gasteiger partial charge in [0.25, 0.3) is 0 Å². The zero-order valence-corrected chi connectivity index (χ0v) is 14.8. The van der Waals surface area contributed by atoms with E-state index in [0.717, 1.165) is 11.4 Å². The Kier molecular flexibility index (Phi) is 4.88. The van der Waals surface area contributed by atoms with E-state index in [1.165, 1.54) is 0 Å². The number of anilines is 1. The van der Waals surface area contributed by atoms with Crippen molar-refractivity contribution in [1.82, 2.24) is 9.78 Å². The highest BCUT2D eigenvalue weighted by Crippen LogP contribution is 2.25. The molecule has 3 rings (SSSR count). The SMILES string of the molecule is Cc1c(C(=O)OC[C@@H]2CC(=O)N(c3ccccc3)C2)cnn1C(C)C. The van der Waals surface area contributed by atoms with Crippen LogP contribution in [0.2, 0.25) is 0 Å². The number of nitrogens with zero attached hydrogens (tertiary/aromatic N) is 3. The van der Waals surface area contributed by atoms with E-state index in [9.17, 15) is 9.59 Å². The van der Waals surface area contributed by atoms with Crippen molar-refractivity contribution in [3.63, 3.8) is 0 Å². The maximum absolute atomic E-state index is 12.3. The summed E-state index contributed by atoms with van der Waals surface area (Å²) >= 11 is 0. The summed E-state index contributed by atoms with van der Waals surface area (Å²) in [6.45, 7) is 6.69. The molecule has 2 heterocycles. The molecule has 1 fully saturated rings. The summed E-state index contributed by atoms with van der Waals surface area (Å²) < 4.78 is 7.25. The second-order valence-electron chi connectivity index (χ2n) is 6.69. The molecule has 2 aromatic rings. The molecular formula is C19H23N3O3. The molecule has 0 spiro atoms. The second-order valence-corrected chi connectivity index (χ2v) is 6.69. The second kappa shape index (κ2) is 7.09. The summed E-state index contributed by atoms with van der Waals surface area (Å²) in [4.78, 5) is 26.3. The zero-order chi connectivity index (χ0) is 18.0. The molecule has 1 saturated heterocycles.